The zero-order valence-electron chi connectivity index (χ0n) is 16.1. The molecule has 0 fully saturated rings. The van der Waals surface area contributed by atoms with Crippen LogP contribution >= 0.6 is 7.82 Å². The number of ether oxygens (including phenoxy) is 4. The smallest absolute Gasteiger partial charge is 0.379 e. The van der Waals surface area contributed by atoms with Crippen LogP contribution in [0.2, 0.25) is 0 Å². The molecule has 0 unspecified atom stereocenters. The van der Waals surface area contributed by atoms with E-state index >= 15 is 0 Å². The highest BCUT2D eigenvalue weighted by molar-refractivity contribution is 7.46. The van der Waals surface area contributed by atoms with E-state index in [1.54, 1.807) is 0 Å². The minimum absolute atomic E-state index is 0.112. The van der Waals surface area contributed by atoms with E-state index in [0.717, 1.165) is 13.0 Å². The first-order chi connectivity index (χ1) is 12.6. The molecule has 0 aromatic heterocycles. The summed E-state index contributed by atoms with van der Waals surface area (Å²) < 4.78 is 35.9. The molecule has 0 aliphatic heterocycles. The van der Waals surface area contributed by atoms with Crippen molar-refractivity contribution in [1.82, 2.24) is 0 Å². The van der Waals surface area contributed by atoms with Crippen LogP contribution in [-0.4, -0.2) is 69.2 Å². The van der Waals surface area contributed by atoms with Crippen molar-refractivity contribution >= 4 is 7.82 Å². The fourth-order valence-electron chi connectivity index (χ4n) is 2.14. The summed E-state index contributed by atoms with van der Waals surface area (Å²) in [5.74, 6) is 0. The molecule has 0 saturated carbocycles. The fraction of sp³-hybridized carbons (Fsp3) is 1.00. The third-order valence-electron chi connectivity index (χ3n) is 3.50. The molecule has 8 nitrogen and oxygen atoms in total. The van der Waals surface area contributed by atoms with Crippen LogP contribution in [0.3, 0.4) is 0 Å². The van der Waals surface area contributed by atoms with Crippen LogP contribution in [0.15, 0.2) is 0 Å². The van der Waals surface area contributed by atoms with Crippen molar-refractivity contribution in [3.63, 3.8) is 0 Å². The Kier molecular flexibility index (Phi) is 19.7. The van der Waals surface area contributed by atoms with Crippen LogP contribution in [0.4, 0.5) is 0 Å². The van der Waals surface area contributed by atoms with Gasteiger partial charge in [-0.05, 0) is 6.42 Å². The molecular weight excluding hydrogens is 363 g/mol. The molecule has 0 bridgehead atoms. The van der Waals surface area contributed by atoms with E-state index in [9.17, 15) is 4.57 Å². The number of hydrogen-bond donors (Lipinski definition) is 2. The lowest BCUT2D eigenvalue weighted by Gasteiger charge is -2.08. The maximum absolute atomic E-state index is 10.4. The minimum Gasteiger partial charge on any atom is -0.379 e. The molecule has 0 aliphatic carbocycles. The number of rotatable bonds is 21. The van der Waals surface area contributed by atoms with Gasteiger partial charge >= 0.3 is 7.82 Å². The van der Waals surface area contributed by atoms with Gasteiger partial charge in [0, 0.05) is 6.61 Å². The molecule has 0 aliphatic rings. The summed E-state index contributed by atoms with van der Waals surface area (Å²) in [5, 5.41) is 0. The monoisotopic (exact) mass is 400 g/mol. The van der Waals surface area contributed by atoms with Gasteiger partial charge in [-0.25, -0.2) is 4.57 Å². The largest absolute Gasteiger partial charge is 0.469 e. The Labute approximate surface area is 157 Å². The fourth-order valence-corrected chi connectivity index (χ4v) is 2.45. The van der Waals surface area contributed by atoms with Crippen LogP contribution in [0.1, 0.15) is 51.9 Å². The zero-order valence-corrected chi connectivity index (χ0v) is 17.0. The molecule has 0 aromatic carbocycles. The lowest BCUT2D eigenvalue weighted by molar-refractivity contribution is -0.00578. The Morgan fingerprint density at radius 2 is 0.962 bits per heavy atom. The SMILES string of the molecule is CCCCCCCCCOCCOCCOCCOCCOP(=O)(O)O. The minimum atomic E-state index is -4.40. The van der Waals surface area contributed by atoms with E-state index in [1.807, 2.05) is 0 Å². The van der Waals surface area contributed by atoms with E-state index in [0.29, 0.717) is 39.6 Å². The van der Waals surface area contributed by atoms with Crippen LogP contribution in [0.25, 0.3) is 0 Å². The summed E-state index contributed by atoms with van der Waals surface area (Å²) in [4.78, 5) is 16.9. The molecule has 2 N–H and O–H groups in total. The summed E-state index contributed by atoms with van der Waals surface area (Å²) in [5.41, 5.74) is 0. The second kappa shape index (κ2) is 19.7. The highest BCUT2D eigenvalue weighted by atomic mass is 31.2. The van der Waals surface area contributed by atoms with Crippen molar-refractivity contribution in [3.8, 4) is 0 Å². The van der Waals surface area contributed by atoms with E-state index in [2.05, 4.69) is 11.4 Å². The van der Waals surface area contributed by atoms with Crippen molar-refractivity contribution < 1.29 is 37.8 Å². The van der Waals surface area contributed by atoms with Crippen LogP contribution in [0, 0.1) is 0 Å². The zero-order chi connectivity index (χ0) is 19.3. The Morgan fingerprint density at radius 1 is 0.577 bits per heavy atom. The lowest BCUT2D eigenvalue weighted by atomic mass is 10.1. The van der Waals surface area contributed by atoms with Crippen LogP contribution in [0.5, 0.6) is 0 Å². The molecule has 26 heavy (non-hydrogen) atoms. The summed E-state index contributed by atoms with van der Waals surface area (Å²) in [7, 11) is -4.40. The molecule has 0 radical (unpaired) electrons. The molecule has 0 spiro atoms. The Bertz CT molecular complexity index is 324. The second-order valence-corrected chi connectivity index (χ2v) is 7.13. The summed E-state index contributed by atoms with van der Waals surface area (Å²) in [6.45, 7) is 5.88. The Hall–Kier alpha value is -0.0500. The van der Waals surface area contributed by atoms with E-state index in [4.69, 9.17) is 28.7 Å². The van der Waals surface area contributed by atoms with Crippen LogP contribution < -0.4 is 0 Å². The molecule has 0 rings (SSSR count). The van der Waals surface area contributed by atoms with Crippen molar-refractivity contribution in [2.45, 2.75) is 51.9 Å². The normalized spacial score (nSPS) is 12.0. The maximum Gasteiger partial charge on any atom is 0.469 e. The van der Waals surface area contributed by atoms with Gasteiger partial charge < -0.3 is 28.7 Å². The summed E-state index contributed by atoms with van der Waals surface area (Å²) >= 11 is 0. The van der Waals surface area contributed by atoms with Crippen molar-refractivity contribution in [2.24, 2.45) is 0 Å². The molecule has 0 amide bonds. The van der Waals surface area contributed by atoms with E-state index < -0.39 is 7.82 Å². The number of phosphoric acid groups is 1. The van der Waals surface area contributed by atoms with Gasteiger partial charge in [0.25, 0.3) is 0 Å². The summed E-state index contributed by atoms with van der Waals surface area (Å²) in [6, 6.07) is 0. The molecule has 0 aromatic rings. The Balaban J connectivity index is 3.02. The number of unbranched alkanes of at least 4 members (excludes halogenated alkanes) is 6. The second-order valence-electron chi connectivity index (χ2n) is 5.89. The third-order valence-corrected chi connectivity index (χ3v) is 4.01. The van der Waals surface area contributed by atoms with Gasteiger partial charge in [-0.15, -0.1) is 0 Å². The predicted molar refractivity (Wildman–Crippen MR) is 99.3 cm³/mol. The average Bonchev–Trinajstić information content (AvgIpc) is 2.59. The maximum atomic E-state index is 10.4. The topological polar surface area (TPSA) is 104 Å². The molecule has 0 saturated heterocycles. The van der Waals surface area contributed by atoms with Gasteiger partial charge in [0.1, 0.15) is 0 Å². The van der Waals surface area contributed by atoms with Crippen LogP contribution in [-0.2, 0) is 28.0 Å². The van der Waals surface area contributed by atoms with Gasteiger partial charge in [0.2, 0.25) is 0 Å². The van der Waals surface area contributed by atoms with Gasteiger partial charge in [0.05, 0.1) is 52.9 Å². The molecule has 158 valence electrons. The van der Waals surface area contributed by atoms with Crippen molar-refractivity contribution in [2.75, 3.05) is 59.5 Å². The first-order valence-electron chi connectivity index (χ1n) is 9.57. The lowest BCUT2D eigenvalue weighted by Crippen LogP contribution is -2.13. The van der Waals surface area contributed by atoms with Gasteiger partial charge in [-0.2, -0.15) is 0 Å². The van der Waals surface area contributed by atoms with Gasteiger partial charge in [0.15, 0.2) is 0 Å². The standard InChI is InChI=1S/C17H37O8P/c1-2-3-4-5-6-7-8-9-21-10-11-22-12-13-23-14-15-24-16-17-25-26(18,19)20/h2-17H2,1H3,(H2,18,19,20). The van der Waals surface area contributed by atoms with Gasteiger partial charge in [-0.3, -0.25) is 4.52 Å². The van der Waals surface area contributed by atoms with Gasteiger partial charge in [-0.1, -0.05) is 45.4 Å². The number of phosphoric ester groups is 1. The summed E-state index contributed by atoms with van der Waals surface area (Å²) in [6.07, 6.45) is 8.99. The molecule has 9 heteroatoms. The molecular formula is C17H37O8P. The third kappa shape index (κ3) is 23.9. The van der Waals surface area contributed by atoms with E-state index in [-0.39, 0.29) is 13.2 Å². The molecule has 0 heterocycles. The molecule has 0 atom stereocenters. The Morgan fingerprint density at radius 3 is 1.42 bits per heavy atom. The van der Waals surface area contributed by atoms with E-state index in [1.165, 1.54) is 38.5 Å². The van der Waals surface area contributed by atoms with Crippen molar-refractivity contribution in [1.29, 1.82) is 0 Å². The highest BCUT2D eigenvalue weighted by Gasteiger charge is 2.12. The average molecular weight is 400 g/mol. The predicted octanol–water partition coefficient (Wildman–Crippen LogP) is 2.91. The highest BCUT2D eigenvalue weighted by Crippen LogP contribution is 2.35. The first-order valence-corrected chi connectivity index (χ1v) is 11.1. The first kappa shape index (κ1) is 26.0. The van der Waals surface area contributed by atoms with Crippen molar-refractivity contribution in [3.05, 3.63) is 0 Å². The number of hydrogen-bond acceptors (Lipinski definition) is 6. The quantitative estimate of drug-likeness (QED) is 0.224.